The van der Waals surface area contributed by atoms with Crippen LogP contribution in [0.4, 0.5) is 5.69 Å². The number of nitrogens with one attached hydrogen (secondary N) is 3. The molecule has 4 rings (SSSR count). The fraction of sp³-hybridized carbons (Fsp3) is 0.357. The van der Waals surface area contributed by atoms with Crippen LogP contribution in [0.1, 0.15) is 37.0 Å². The summed E-state index contributed by atoms with van der Waals surface area (Å²) in [4.78, 5) is 31.9. The highest BCUT2D eigenvalue weighted by Gasteiger charge is 2.28. The molecule has 0 unspecified atom stereocenters. The molecule has 9 heteroatoms. The Labute approximate surface area is 216 Å². The van der Waals surface area contributed by atoms with E-state index < -0.39 is 6.04 Å². The van der Waals surface area contributed by atoms with Gasteiger partial charge in [-0.3, -0.25) is 14.9 Å². The number of amides is 2. The molecule has 2 amide bonds. The maximum absolute atomic E-state index is 13.3. The Balaban J connectivity index is 1.35. The molecule has 192 valence electrons. The quantitative estimate of drug-likeness (QED) is 0.142. The van der Waals surface area contributed by atoms with Gasteiger partial charge in [0.15, 0.2) is 6.19 Å². The van der Waals surface area contributed by atoms with Crippen LogP contribution < -0.4 is 16.0 Å². The van der Waals surface area contributed by atoms with E-state index in [2.05, 4.69) is 33.1 Å². The highest BCUT2D eigenvalue weighted by molar-refractivity contribution is 5.98. The van der Waals surface area contributed by atoms with Crippen molar-refractivity contribution in [2.75, 3.05) is 25.0 Å². The molecule has 2 aromatic carbocycles. The second-order valence-corrected chi connectivity index (χ2v) is 9.16. The van der Waals surface area contributed by atoms with Crippen LogP contribution in [0.3, 0.4) is 0 Å². The molecule has 0 aliphatic carbocycles. The lowest BCUT2D eigenvalue weighted by Crippen LogP contribution is -2.44. The van der Waals surface area contributed by atoms with Crippen LogP contribution in [-0.2, 0) is 16.0 Å². The van der Waals surface area contributed by atoms with Gasteiger partial charge in [0.25, 0.3) is 0 Å². The van der Waals surface area contributed by atoms with Gasteiger partial charge in [0.1, 0.15) is 17.4 Å². The van der Waals surface area contributed by atoms with Gasteiger partial charge in [-0.15, -0.1) is 0 Å². The standard InChI is InChI=1S/C28H32N6O3/c1-20-16-22-17-23(12-13-25(22)37-20)32-28(31-19-29)33-24-11-5-6-15-34(27(24)36)18-26(35)30-14-7-10-21-8-3-2-4-9-21/h2-4,8-9,12-13,16-17,24H,5-7,10-11,14-15,18H2,1H3,(H,30,35)(H2,31,32,33)/t24-/m0/s1. The molecule has 3 N–H and O–H groups in total. The third kappa shape index (κ3) is 7.34. The fourth-order valence-corrected chi connectivity index (χ4v) is 4.45. The third-order valence-corrected chi connectivity index (χ3v) is 6.26. The van der Waals surface area contributed by atoms with Gasteiger partial charge >= 0.3 is 0 Å². The van der Waals surface area contributed by atoms with Gasteiger partial charge in [-0.05, 0) is 68.9 Å². The van der Waals surface area contributed by atoms with E-state index in [0.29, 0.717) is 25.2 Å². The van der Waals surface area contributed by atoms with Gasteiger partial charge in [0, 0.05) is 24.2 Å². The predicted octanol–water partition coefficient (Wildman–Crippen LogP) is 3.71. The minimum atomic E-state index is -0.684. The summed E-state index contributed by atoms with van der Waals surface area (Å²) in [6, 6.07) is 16.9. The number of aryl methyl sites for hydroxylation is 2. The van der Waals surface area contributed by atoms with Crippen molar-refractivity contribution in [1.29, 1.82) is 5.26 Å². The van der Waals surface area contributed by atoms with Crippen molar-refractivity contribution in [2.24, 2.45) is 4.99 Å². The first kappa shape index (κ1) is 25.8. The SMILES string of the molecule is Cc1cc2cc(NC(=N[C@H]3CCCCN(CC(=O)NCCCc4ccccc4)C3=O)NC#N)ccc2o1. The van der Waals surface area contributed by atoms with E-state index in [1.54, 1.807) is 4.90 Å². The molecule has 9 nitrogen and oxygen atoms in total. The summed E-state index contributed by atoms with van der Waals surface area (Å²) in [6.07, 6.45) is 5.74. The summed E-state index contributed by atoms with van der Waals surface area (Å²) in [5.41, 5.74) is 2.71. The monoisotopic (exact) mass is 500 g/mol. The molecule has 1 aliphatic rings. The van der Waals surface area contributed by atoms with Gasteiger partial charge in [-0.25, -0.2) is 4.99 Å². The molecule has 0 saturated carbocycles. The minimum Gasteiger partial charge on any atom is -0.461 e. The third-order valence-electron chi connectivity index (χ3n) is 6.26. The smallest absolute Gasteiger partial charge is 0.247 e. The van der Waals surface area contributed by atoms with Crippen LogP contribution in [0.2, 0.25) is 0 Å². The lowest BCUT2D eigenvalue weighted by Gasteiger charge is -2.22. The van der Waals surface area contributed by atoms with Crippen molar-refractivity contribution in [1.82, 2.24) is 15.5 Å². The second-order valence-electron chi connectivity index (χ2n) is 9.16. The molecule has 3 aromatic rings. The van der Waals surface area contributed by atoms with Crippen LogP contribution in [0.5, 0.6) is 0 Å². The number of anilines is 1. The summed E-state index contributed by atoms with van der Waals surface area (Å²) in [5, 5.41) is 18.7. The van der Waals surface area contributed by atoms with Crippen molar-refractivity contribution in [2.45, 2.75) is 45.1 Å². The zero-order chi connectivity index (χ0) is 26.0. The predicted molar refractivity (Wildman–Crippen MR) is 143 cm³/mol. The van der Waals surface area contributed by atoms with Gasteiger partial charge in [0.05, 0.1) is 6.54 Å². The Bertz CT molecular complexity index is 1290. The highest BCUT2D eigenvalue weighted by atomic mass is 16.3. The van der Waals surface area contributed by atoms with Crippen LogP contribution >= 0.6 is 0 Å². The van der Waals surface area contributed by atoms with Crippen LogP contribution in [0, 0.1) is 18.4 Å². The molecule has 0 spiro atoms. The summed E-state index contributed by atoms with van der Waals surface area (Å²) in [6.45, 7) is 2.94. The largest absolute Gasteiger partial charge is 0.461 e. The molecule has 37 heavy (non-hydrogen) atoms. The number of aliphatic imine (C=N–C) groups is 1. The number of guanidine groups is 1. The van der Waals surface area contributed by atoms with E-state index in [9.17, 15) is 14.9 Å². The van der Waals surface area contributed by atoms with Gasteiger partial charge < -0.3 is 20.0 Å². The molecular formula is C28H32N6O3. The fourth-order valence-electron chi connectivity index (χ4n) is 4.45. The van der Waals surface area contributed by atoms with Crippen LogP contribution in [0.25, 0.3) is 11.0 Å². The lowest BCUT2D eigenvalue weighted by atomic mass is 10.1. The average Bonchev–Trinajstić information content (AvgIpc) is 3.18. The molecule has 2 heterocycles. The first-order chi connectivity index (χ1) is 18.0. The normalized spacial score (nSPS) is 16.2. The van der Waals surface area contributed by atoms with E-state index >= 15 is 0 Å². The number of rotatable bonds is 8. The van der Waals surface area contributed by atoms with Crippen molar-refractivity contribution in [3.63, 3.8) is 0 Å². The van der Waals surface area contributed by atoms with E-state index in [0.717, 1.165) is 42.4 Å². The summed E-state index contributed by atoms with van der Waals surface area (Å²) in [7, 11) is 0. The Kier molecular flexibility index (Phi) is 8.76. The van der Waals surface area contributed by atoms with Gasteiger partial charge in [-0.1, -0.05) is 30.3 Å². The number of carbonyl (C=O) groups excluding carboxylic acids is 2. The number of likely N-dealkylation sites (tertiary alicyclic amines) is 1. The van der Waals surface area contributed by atoms with Gasteiger partial charge in [0.2, 0.25) is 17.8 Å². The minimum absolute atomic E-state index is 0.00113. The number of benzene rings is 2. The maximum atomic E-state index is 13.3. The molecule has 1 fully saturated rings. The zero-order valence-electron chi connectivity index (χ0n) is 21.0. The summed E-state index contributed by atoms with van der Waals surface area (Å²) < 4.78 is 5.61. The summed E-state index contributed by atoms with van der Waals surface area (Å²) in [5.74, 6) is 0.605. The van der Waals surface area contributed by atoms with Gasteiger partial charge in [-0.2, -0.15) is 5.26 Å². The molecule has 0 bridgehead atoms. The Morgan fingerprint density at radius 2 is 2.03 bits per heavy atom. The van der Waals surface area contributed by atoms with Crippen molar-refractivity contribution < 1.29 is 14.0 Å². The number of nitrogens with zero attached hydrogens (tertiary/aromatic N) is 3. The first-order valence-corrected chi connectivity index (χ1v) is 12.6. The summed E-state index contributed by atoms with van der Waals surface area (Å²) >= 11 is 0. The molecule has 1 saturated heterocycles. The number of carbonyl (C=O) groups is 2. The van der Waals surface area contributed by atoms with E-state index in [4.69, 9.17) is 4.42 Å². The maximum Gasteiger partial charge on any atom is 0.247 e. The molecule has 1 aromatic heterocycles. The molecule has 1 atom stereocenters. The zero-order valence-corrected chi connectivity index (χ0v) is 21.0. The average molecular weight is 501 g/mol. The number of hydrogen-bond acceptors (Lipinski definition) is 5. The van der Waals surface area contributed by atoms with E-state index in [-0.39, 0.29) is 24.3 Å². The number of nitriles is 1. The van der Waals surface area contributed by atoms with Crippen molar-refractivity contribution in [3.05, 3.63) is 65.9 Å². The van der Waals surface area contributed by atoms with Crippen LogP contribution in [0.15, 0.2) is 64.0 Å². The Morgan fingerprint density at radius 1 is 1.19 bits per heavy atom. The van der Waals surface area contributed by atoms with Crippen LogP contribution in [-0.4, -0.2) is 48.3 Å². The first-order valence-electron chi connectivity index (χ1n) is 12.6. The second kappa shape index (κ2) is 12.6. The van der Waals surface area contributed by atoms with E-state index in [1.165, 1.54) is 5.56 Å². The van der Waals surface area contributed by atoms with Crippen molar-refractivity contribution >= 4 is 34.4 Å². The lowest BCUT2D eigenvalue weighted by molar-refractivity contribution is -0.136. The molecular weight excluding hydrogens is 468 g/mol. The van der Waals surface area contributed by atoms with E-state index in [1.807, 2.05) is 55.6 Å². The number of hydrogen-bond donors (Lipinski definition) is 3. The Hall–Kier alpha value is -4.32. The van der Waals surface area contributed by atoms with Crippen molar-refractivity contribution in [3.8, 4) is 6.19 Å². The number of fused-ring (bicyclic) bond motifs is 1. The Morgan fingerprint density at radius 3 is 2.84 bits per heavy atom. The highest BCUT2D eigenvalue weighted by Crippen LogP contribution is 2.23. The molecule has 0 radical (unpaired) electrons. The number of furan rings is 1. The topological polar surface area (TPSA) is 123 Å². The molecule has 1 aliphatic heterocycles.